The maximum atomic E-state index is 5.69. The minimum absolute atomic E-state index is 0.356. The van der Waals surface area contributed by atoms with Crippen molar-refractivity contribution in [2.45, 2.75) is 80.8 Å². The number of hydrogen-bond donors (Lipinski definition) is 0. The fourth-order valence-corrected chi connectivity index (χ4v) is 3.88. The first-order valence-corrected chi connectivity index (χ1v) is 9.38. The largest absolute Gasteiger partial charge is 0.377 e. The highest BCUT2D eigenvalue weighted by molar-refractivity contribution is 4.88. The van der Waals surface area contributed by atoms with Gasteiger partial charge in [0, 0.05) is 6.54 Å². The number of ether oxygens (including phenoxy) is 1. The lowest BCUT2D eigenvalue weighted by atomic mass is 9.63. The van der Waals surface area contributed by atoms with Gasteiger partial charge in [0.1, 0.15) is 0 Å². The van der Waals surface area contributed by atoms with Crippen LogP contribution in [0.5, 0.6) is 0 Å². The molecule has 0 atom stereocenters. The molecule has 0 saturated carbocycles. The zero-order chi connectivity index (χ0) is 17.0. The minimum atomic E-state index is 0.356. The van der Waals surface area contributed by atoms with Crippen LogP contribution in [0.1, 0.15) is 74.7 Å². The van der Waals surface area contributed by atoms with Crippen LogP contribution in [0.15, 0.2) is 0 Å². The summed E-state index contributed by atoms with van der Waals surface area (Å²) < 4.78 is 5.69. The number of rotatable bonds is 8. The maximum Gasteiger partial charge on any atom is 0.0596 e. The van der Waals surface area contributed by atoms with E-state index in [1.807, 2.05) is 0 Å². The van der Waals surface area contributed by atoms with Crippen molar-refractivity contribution in [3.8, 4) is 0 Å². The summed E-state index contributed by atoms with van der Waals surface area (Å²) in [7, 11) is 0. The molecule has 132 valence electrons. The van der Waals surface area contributed by atoms with Crippen molar-refractivity contribution in [1.82, 2.24) is 4.90 Å². The molecule has 1 aliphatic rings. The standard InChI is InChI=1S/C20H41NO/c1-16(2)19(5,6)15-20(7,8)18-9-11-21(12-10-18)13-14-22-17(3)4/h16-18H,9-15H2,1-8H3. The molecule has 1 fully saturated rings. The molecular formula is C20H41NO. The van der Waals surface area contributed by atoms with Crippen molar-refractivity contribution >= 4 is 0 Å². The molecule has 1 rings (SSSR count). The van der Waals surface area contributed by atoms with E-state index in [0.717, 1.165) is 25.0 Å². The Hall–Kier alpha value is -0.0800. The van der Waals surface area contributed by atoms with E-state index in [9.17, 15) is 0 Å². The van der Waals surface area contributed by atoms with Crippen molar-refractivity contribution in [3.05, 3.63) is 0 Å². The molecule has 22 heavy (non-hydrogen) atoms. The Morgan fingerprint density at radius 3 is 2.00 bits per heavy atom. The van der Waals surface area contributed by atoms with Crippen LogP contribution in [0, 0.1) is 22.7 Å². The predicted octanol–water partition coefficient (Wildman–Crippen LogP) is 5.22. The van der Waals surface area contributed by atoms with E-state index in [0.29, 0.717) is 16.9 Å². The van der Waals surface area contributed by atoms with Gasteiger partial charge in [-0.2, -0.15) is 0 Å². The topological polar surface area (TPSA) is 12.5 Å². The second-order valence-electron chi connectivity index (χ2n) is 9.34. The van der Waals surface area contributed by atoms with Gasteiger partial charge in [-0.25, -0.2) is 0 Å². The van der Waals surface area contributed by atoms with Crippen LogP contribution in [0.2, 0.25) is 0 Å². The van der Waals surface area contributed by atoms with Crippen molar-refractivity contribution in [2.75, 3.05) is 26.2 Å². The first-order valence-electron chi connectivity index (χ1n) is 9.38. The fraction of sp³-hybridized carbons (Fsp3) is 1.00. The first kappa shape index (κ1) is 20.0. The lowest BCUT2D eigenvalue weighted by Gasteiger charge is -2.45. The molecular weight excluding hydrogens is 270 g/mol. The molecule has 2 heteroatoms. The molecule has 0 aromatic heterocycles. The van der Waals surface area contributed by atoms with Crippen LogP contribution >= 0.6 is 0 Å². The minimum Gasteiger partial charge on any atom is -0.377 e. The Balaban J connectivity index is 2.42. The van der Waals surface area contributed by atoms with Gasteiger partial charge in [0.15, 0.2) is 0 Å². The summed E-state index contributed by atoms with van der Waals surface area (Å²) in [5, 5.41) is 0. The predicted molar refractivity (Wildman–Crippen MR) is 97.3 cm³/mol. The highest BCUT2D eigenvalue weighted by Crippen LogP contribution is 2.46. The van der Waals surface area contributed by atoms with E-state index in [2.05, 4.69) is 60.3 Å². The SMILES string of the molecule is CC(C)OCCN1CCC(C(C)(C)CC(C)(C)C(C)C)CC1. The Labute approximate surface area is 140 Å². The average molecular weight is 312 g/mol. The first-order chi connectivity index (χ1) is 10.0. The summed E-state index contributed by atoms with van der Waals surface area (Å²) in [6, 6.07) is 0. The third-order valence-corrected chi connectivity index (χ3v) is 6.03. The smallest absolute Gasteiger partial charge is 0.0596 e. The molecule has 1 saturated heterocycles. The second kappa shape index (κ2) is 8.15. The van der Waals surface area contributed by atoms with Gasteiger partial charge < -0.3 is 9.64 Å². The summed E-state index contributed by atoms with van der Waals surface area (Å²) >= 11 is 0. The molecule has 0 spiro atoms. The highest BCUT2D eigenvalue weighted by atomic mass is 16.5. The lowest BCUT2D eigenvalue weighted by molar-refractivity contribution is 0.0244. The molecule has 0 amide bonds. The van der Waals surface area contributed by atoms with Gasteiger partial charge in [0.05, 0.1) is 12.7 Å². The zero-order valence-electron chi connectivity index (χ0n) is 16.5. The van der Waals surface area contributed by atoms with Crippen LogP contribution in [0.4, 0.5) is 0 Å². The van der Waals surface area contributed by atoms with Crippen molar-refractivity contribution in [1.29, 1.82) is 0 Å². The lowest BCUT2D eigenvalue weighted by Crippen LogP contribution is -2.42. The van der Waals surface area contributed by atoms with Crippen molar-refractivity contribution in [3.63, 3.8) is 0 Å². The van der Waals surface area contributed by atoms with Gasteiger partial charge in [0.25, 0.3) is 0 Å². The third-order valence-electron chi connectivity index (χ3n) is 6.03. The summed E-state index contributed by atoms with van der Waals surface area (Å²) in [6.45, 7) is 23.3. The van der Waals surface area contributed by atoms with Crippen LogP contribution < -0.4 is 0 Å². The van der Waals surface area contributed by atoms with E-state index in [4.69, 9.17) is 4.74 Å². The van der Waals surface area contributed by atoms with E-state index in [1.165, 1.54) is 32.4 Å². The van der Waals surface area contributed by atoms with Crippen LogP contribution in [-0.4, -0.2) is 37.2 Å². The Kier molecular flexibility index (Phi) is 7.39. The molecule has 1 heterocycles. The number of nitrogens with zero attached hydrogens (tertiary/aromatic N) is 1. The zero-order valence-corrected chi connectivity index (χ0v) is 16.5. The molecule has 2 nitrogen and oxygen atoms in total. The van der Waals surface area contributed by atoms with Gasteiger partial charge in [-0.15, -0.1) is 0 Å². The Morgan fingerprint density at radius 1 is 1.00 bits per heavy atom. The monoisotopic (exact) mass is 311 g/mol. The molecule has 0 aromatic rings. The van der Waals surface area contributed by atoms with Gasteiger partial charge in [0.2, 0.25) is 0 Å². The fourth-order valence-electron chi connectivity index (χ4n) is 3.88. The maximum absolute atomic E-state index is 5.69. The van der Waals surface area contributed by atoms with E-state index in [-0.39, 0.29) is 0 Å². The Bertz CT molecular complexity index is 312. The van der Waals surface area contributed by atoms with Crippen LogP contribution in [-0.2, 0) is 4.74 Å². The van der Waals surface area contributed by atoms with Gasteiger partial charge in [-0.05, 0) is 68.9 Å². The van der Waals surface area contributed by atoms with Crippen molar-refractivity contribution < 1.29 is 4.74 Å². The quantitative estimate of drug-likeness (QED) is 0.609. The van der Waals surface area contributed by atoms with E-state index >= 15 is 0 Å². The molecule has 0 N–H and O–H groups in total. The molecule has 0 unspecified atom stereocenters. The Morgan fingerprint density at radius 2 is 1.55 bits per heavy atom. The molecule has 0 bridgehead atoms. The summed E-state index contributed by atoms with van der Waals surface area (Å²) in [5.41, 5.74) is 0.889. The second-order valence-corrected chi connectivity index (χ2v) is 9.34. The third kappa shape index (κ3) is 6.20. The van der Waals surface area contributed by atoms with Crippen molar-refractivity contribution in [2.24, 2.45) is 22.7 Å². The van der Waals surface area contributed by atoms with Gasteiger partial charge >= 0.3 is 0 Å². The number of likely N-dealkylation sites (tertiary alicyclic amines) is 1. The molecule has 0 aromatic carbocycles. The van der Waals surface area contributed by atoms with Gasteiger partial charge in [-0.3, -0.25) is 0 Å². The average Bonchev–Trinajstić information content (AvgIpc) is 2.37. The molecule has 0 aliphatic carbocycles. The van der Waals surface area contributed by atoms with Crippen LogP contribution in [0.3, 0.4) is 0 Å². The van der Waals surface area contributed by atoms with Gasteiger partial charge in [-0.1, -0.05) is 41.5 Å². The molecule has 0 radical (unpaired) electrons. The highest BCUT2D eigenvalue weighted by Gasteiger charge is 2.37. The number of hydrogen-bond acceptors (Lipinski definition) is 2. The molecule has 1 aliphatic heterocycles. The number of piperidine rings is 1. The summed E-state index contributed by atoms with van der Waals surface area (Å²) in [4.78, 5) is 2.59. The summed E-state index contributed by atoms with van der Waals surface area (Å²) in [6.07, 6.45) is 4.39. The van der Waals surface area contributed by atoms with Crippen LogP contribution in [0.25, 0.3) is 0 Å². The van der Waals surface area contributed by atoms with E-state index < -0.39 is 0 Å². The summed E-state index contributed by atoms with van der Waals surface area (Å²) in [5.74, 6) is 1.62. The normalized spacial score (nSPS) is 19.4. The van der Waals surface area contributed by atoms with E-state index in [1.54, 1.807) is 0 Å².